The first-order valence-corrected chi connectivity index (χ1v) is 9.06. The zero-order valence-corrected chi connectivity index (χ0v) is 15.8. The van der Waals surface area contributed by atoms with Crippen molar-refractivity contribution in [1.82, 2.24) is 4.90 Å². The van der Waals surface area contributed by atoms with Crippen molar-refractivity contribution in [3.63, 3.8) is 0 Å². The van der Waals surface area contributed by atoms with Crippen molar-refractivity contribution in [3.05, 3.63) is 69.8 Å². The maximum Gasteiger partial charge on any atom is 0.416 e. The van der Waals surface area contributed by atoms with Gasteiger partial charge in [0.1, 0.15) is 0 Å². The Kier molecular flexibility index (Phi) is 5.77. The summed E-state index contributed by atoms with van der Waals surface area (Å²) in [5.41, 5.74) is -0.394. The Morgan fingerprint density at radius 2 is 1.87 bits per heavy atom. The van der Waals surface area contributed by atoms with Crippen molar-refractivity contribution in [1.29, 1.82) is 0 Å². The number of alkyl halides is 3. The van der Waals surface area contributed by atoms with E-state index >= 15 is 0 Å². The summed E-state index contributed by atoms with van der Waals surface area (Å²) >= 11 is 0. The first-order chi connectivity index (χ1) is 14.1. The van der Waals surface area contributed by atoms with E-state index in [1.807, 2.05) is 0 Å². The highest BCUT2D eigenvalue weighted by Crippen LogP contribution is 2.38. The maximum atomic E-state index is 12.9. The smallest absolute Gasteiger partial charge is 0.338 e. The summed E-state index contributed by atoms with van der Waals surface area (Å²) in [7, 11) is 1.50. The SMILES string of the molecule is CN1C(=O)CCC(C(=O)Nc2cccc([N+](=O)[O-])c2)C1c1ccc(C(F)(F)F)cc1. The third-order valence-electron chi connectivity index (χ3n) is 5.10. The average Bonchev–Trinajstić information content (AvgIpc) is 2.69. The van der Waals surface area contributed by atoms with Gasteiger partial charge in [0.25, 0.3) is 5.69 Å². The second-order valence-corrected chi connectivity index (χ2v) is 7.01. The van der Waals surface area contributed by atoms with E-state index < -0.39 is 34.5 Å². The van der Waals surface area contributed by atoms with Gasteiger partial charge >= 0.3 is 6.18 Å². The molecule has 10 heteroatoms. The number of non-ortho nitro benzene ring substituents is 1. The van der Waals surface area contributed by atoms with Gasteiger partial charge in [-0.1, -0.05) is 18.2 Å². The number of nitro groups is 1. The molecule has 1 saturated heterocycles. The molecule has 0 radical (unpaired) electrons. The number of likely N-dealkylation sites (tertiary alicyclic amines) is 1. The number of hydrogen-bond donors (Lipinski definition) is 1. The number of amides is 2. The summed E-state index contributed by atoms with van der Waals surface area (Å²) in [5, 5.41) is 13.5. The summed E-state index contributed by atoms with van der Waals surface area (Å²) in [6, 6.07) is 9.01. The largest absolute Gasteiger partial charge is 0.416 e. The predicted molar refractivity (Wildman–Crippen MR) is 101 cm³/mol. The first kappa shape index (κ1) is 21.3. The minimum absolute atomic E-state index is 0.112. The van der Waals surface area contributed by atoms with Crippen LogP contribution in [0.5, 0.6) is 0 Å². The van der Waals surface area contributed by atoms with E-state index in [0.29, 0.717) is 5.56 Å². The molecule has 1 aliphatic heterocycles. The maximum absolute atomic E-state index is 12.9. The van der Waals surface area contributed by atoms with Crippen molar-refractivity contribution in [2.24, 2.45) is 5.92 Å². The molecule has 3 rings (SSSR count). The molecule has 0 aliphatic carbocycles. The van der Waals surface area contributed by atoms with E-state index in [-0.39, 0.29) is 30.1 Å². The van der Waals surface area contributed by atoms with Crippen LogP contribution >= 0.6 is 0 Å². The van der Waals surface area contributed by atoms with E-state index in [4.69, 9.17) is 0 Å². The van der Waals surface area contributed by atoms with Gasteiger partial charge in [0.2, 0.25) is 11.8 Å². The van der Waals surface area contributed by atoms with Crippen molar-refractivity contribution in [3.8, 4) is 0 Å². The average molecular weight is 421 g/mol. The highest BCUT2D eigenvalue weighted by Gasteiger charge is 2.39. The number of piperidine rings is 1. The molecule has 2 atom stereocenters. The topological polar surface area (TPSA) is 92.6 Å². The van der Waals surface area contributed by atoms with Crippen LogP contribution in [0.2, 0.25) is 0 Å². The number of hydrogen-bond acceptors (Lipinski definition) is 4. The van der Waals surface area contributed by atoms with Gasteiger partial charge in [-0.25, -0.2) is 0 Å². The molecule has 0 saturated carbocycles. The lowest BCUT2D eigenvalue weighted by Crippen LogP contribution is -2.44. The molecule has 30 heavy (non-hydrogen) atoms. The molecule has 1 aliphatic rings. The molecule has 1 fully saturated rings. The standard InChI is InChI=1S/C20H18F3N3O4/c1-25-17(27)10-9-16(18(25)12-5-7-13(8-6-12)20(21,22)23)19(28)24-14-3-2-4-15(11-14)26(29)30/h2-8,11,16,18H,9-10H2,1H3,(H,24,28). The summed E-state index contributed by atoms with van der Waals surface area (Å²) in [6.45, 7) is 0. The molecule has 2 amide bonds. The van der Waals surface area contributed by atoms with Gasteiger partial charge in [-0.15, -0.1) is 0 Å². The third kappa shape index (κ3) is 4.42. The van der Waals surface area contributed by atoms with Crippen LogP contribution in [-0.4, -0.2) is 28.7 Å². The summed E-state index contributed by atoms with van der Waals surface area (Å²) < 4.78 is 38.6. The lowest BCUT2D eigenvalue weighted by atomic mass is 9.83. The van der Waals surface area contributed by atoms with E-state index in [9.17, 15) is 32.9 Å². The number of nitro benzene ring substituents is 1. The Morgan fingerprint density at radius 3 is 2.47 bits per heavy atom. The Labute approximate surface area is 169 Å². The van der Waals surface area contributed by atoms with Crippen LogP contribution in [0.3, 0.4) is 0 Å². The van der Waals surface area contributed by atoms with Gasteiger partial charge in [-0.2, -0.15) is 13.2 Å². The van der Waals surface area contributed by atoms with Crippen LogP contribution in [0, 0.1) is 16.0 Å². The summed E-state index contributed by atoms with van der Waals surface area (Å²) in [4.78, 5) is 36.8. The zero-order chi connectivity index (χ0) is 22.1. The molecule has 1 heterocycles. The predicted octanol–water partition coefficient (Wildman–Crippen LogP) is 4.16. The second kappa shape index (κ2) is 8.13. The number of rotatable bonds is 4. The minimum Gasteiger partial charge on any atom is -0.338 e. The molecule has 2 unspecified atom stereocenters. The quantitative estimate of drug-likeness (QED) is 0.593. The zero-order valence-electron chi connectivity index (χ0n) is 15.8. The van der Waals surface area contributed by atoms with Crippen LogP contribution in [0.25, 0.3) is 0 Å². The minimum atomic E-state index is -4.49. The van der Waals surface area contributed by atoms with Crippen molar-refractivity contribution >= 4 is 23.2 Å². The van der Waals surface area contributed by atoms with Gasteiger partial charge in [-0.05, 0) is 30.2 Å². The monoisotopic (exact) mass is 421 g/mol. The number of benzene rings is 2. The number of nitrogens with one attached hydrogen (secondary N) is 1. The molecule has 2 aromatic rings. The summed E-state index contributed by atoms with van der Waals surface area (Å²) in [6.07, 6.45) is -4.18. The molecular weight excluding hydrogens is 403 g/mol. The molecule has 0 spiro atoms. The first-order valence-electron chi connectivity index (χ1n) is 9.06. The number of carbonyl (C=O) groups excluding carboxylic acids is 2. The molecule has 158 valence electrons. The fourth-order valence-electron chi connectivity index (χ4n) is 3.57. The lowest BCUT2D eigenvalue weighted by molar-refractivity contribution is -0.384. The van der Waals surface area contributed by atoms with Gasteiger partial charge in [-0.3, -0.25) is 19.7 Å². The molecule has 2 aromatic carbocycles. The Hall–Kier alpha value is -3.43. The Bertz CT molecular complexity index is 976. The van der Waals surface area contributed by atoms with Gasteiger partial charge < -0.3 is 10.2 Å². The van der Waals surface area contributed by atoms with E-state index in [2.05, 4.69) is 5.32 Å². The molecular formula is C20H18F3N3O4. The number of halogens is 3. The van der Waals surface area contributed by atoms with Gasteiger partial charge in [0, 0.05) is 31.3 Å². The van der Waals surface area contributed by atoms with Crippen LogP contribution in [-0.2, 0) is 15.8 Å². The number of nitrogens with zero attached hydrogens (tertiary/aromatic N) is 2. The van der Waals surface area contributed by atoms with E-state index in [0.717, 1.165) is 12.1 Å². The fraction of sp³-hybridized carbons (Fsp3) is 0.300. The second-order valence-electron chi connectivity index (χ2n) is 7.01. The lowest BCUT2D eigenvalue weighted by Gasteiger charge is -2.38. The van der Waals surface area contributed by atoms with E-state index in [1.165, 1.54) is 48.3 Å². The summed E-state index contributed by atoms with van der Waals surface area (Å²) in [5.74, 6) is -1.43. The Balaban J connectivity index is 1.88. The normalized spacial score (nSPS) is 19.5. The molecule has 0 aromatic heterocycles. The molecule has 1 N–H and O–H groups in total. The highest BCUT2D eigenvalue weighted by molar-refractivity contribution is 5.95. The van der Waals surface area contributed by atoms with Crippen LogP contribution < -0.4 is 5.32 Å². The van der Waals surface area contributed by atoms with Crippen molar-refractivity contribution in [2.75, 3.05) is 12.4 Å². The number of anilines is 1. The van der Waals surface area contributed by atoms with Crippen molar-refractivity contribution in [2.45, 2.75) is 25.1 Å². The van der Waals surface area contributed by atoms with Crippen LogP contribution in [0.1, 0.15) is 30.0 Å². The van der Waals surface area contributed by atoms with Gasteiger partial charge in [0.15, 0.2) is 0 Å². The van der Waals surface area contributed by atoms with Crippen LogP contribution in [0.4, 0.5) is 24.5 Å². The van der Waals surface area contributed by atoms with Gasteiger partial charge in [0.05, 0.1) is 22.4 Å². The van der Waals surface area contributed by atoms with Crippen LogP contribution in [0.15, 0.2) is 48.5 Å². The fourth-order valence-corrected chi connectivity index (χ4v) is 3.57. The number of carbonyl (C=O) groups is 2. The highest BCUT2D eigenvalue weighted by atomic mass is 19.4. The van der Waals surface area contributed by atoms with E-state index in [1.54, 1.807) is 0 Å². The van der Waals surface area contributed by atoms with Crippen molar-refractivity contribution < 1.29 is 27.7 Å². The Morgan fingerprint density at radius 1 is 1.20 bits per heavy atom. The molecule has 0 bridgehead atoms. The third-order valence-corrected chi connectivity index (χ3v) is 5.10. The molecule has 7 nitrogen and oxygen atoms in total.